The van der Waals surface area contributed by atoms with Crippen LogP contribution in [0.25, 0.3) is 0 Å². The van der Waals surface area contributed by atoms with Crippen molar-refractivity contribution in [2.24, 2.45) is 0 Å². The van der Waals surface area contributed by atoms with E-state index in [1.165, 1.54) is 0 Å². The number of nitrogens with one attached hydrogen (secondary N) is 1. The Morgan fingerprint density at radius 3 is 2.89 bits per heavy atom. The predicted molar refractivity (Wildman–Crippen MR) is 65.8 cm³/mol. The fourth-order valence-corrected chi connectivity index (χ4v) is 1.37. The number of nitrogens with two attached hydrogens (primary N) is 1. The summed E-state index contributed by atoms with van der Waals surface area (Å²) in [5, 5.41) is 2.96. The maximum Gasteiger partial charge on any atom is 0.261 e. The molecule has 0 aliphatic heterocycles. The molecular weight excluding hydrogens is 242 g/mol. The van der Waals surface area contributed by atoms with E-state index in [9.17, 15) is 8.78 Å². The molecule has 0 aliphatic rings. The summed E-state index contributed by atoms with van der Waals surface area (Å²) >= 11 is 0. The summed E-state index contributed by atoms with van der Waals surface area (Å²) in [4.78, 5) is 8.34. The number of anilines is 2. The quantitative estimate of drug-likeness (QED) is 0.696. The first kappa shape index (κ1) is 14.6. The molecule has 0 saturated heterocycles. The Labute approximate surface area is 105 Å². The highest BCUT2D eigenvalue weighted by molar-refractivity contribution is 5.44. The average molecular weight is 260 g/mol. The zero-order valence-electron chi connectivity index (χ0n) is 10.3. The second-order valence-electron chi connectivity index (χ2n) is 3.74. The SMILES string of the molecule is CCCc1nc(N)cc(NCCOCC(F)F)n1. The van der Waals surface area contributed by atoms with Crippen LogP contribution >= 0.6 is 0 Å². The normalized spacial score (nSPS) is 10.9. The highest BCUT2D eigenvalue weighted by atomic mass is 19.3. The van der Waals surface area contributed by atoms with Crippen molar-refractivity contribution in [1.82, 2.24) is 9.97 Å². The minimum atomic E-state index is -2.43. The molecule has 0 atom stereocenters. The molecule has 0 spiro atoms. The average Bonchev–Trinajstić information content (AvgIpc) is 2.28. The van der Waals surface area contributed by atoms with Gasteiger partial charge in [0.1, 0.15) is 24.1 Å². The van der Waals surface area contributed by atoms with Crippen molar-refractivity contribution in [3.05, 3.63) is 11.9 Å². The largest absolute Gasteiger partial charge is 0.384 e. The van der Waals surface area contributed by atoms with Crippen LogP contribution in [0.5, 0.6) is 0 Å². The highest BCUT2D eigenvalue weighted by Crippen LogP contribution is 2.09. The molecule has 0 saturated carbocycles. The number of aryl methyl sites for hydroxylation is 1. The molecule has 0 fully saturated rings. The lowest BCUT2D eigenvalue weighted by Crippen LogP contribution is -2.14. The van der Waals surface area contributed by atoms with E-state index in [-0.39, 0.29) is 6.61 Å². The highest BCUT2D eigenvalue weighted by Gasteiger charge is 2.03. The summed E-state index contributed by atoms with van der Waals surface area (Å²) in [5.41, 5.74) is 5.64. The molecule has 0 amide bonds. The molecule has 18 heavy (non-hydrogen) atoms. The van der Waals surface area contributed by atoms with Crippen LogP contribution in [0.3, 0.4) is 0 Å². The van der Waals surface area contributed by atoms with Crippen LogP contribution in [0.2, 0.25) is 0 Å². The summed E-state index contributed by atoms with van der Waals surface area (Å²) in [6.45, 7) is 2.07. The number of halogens is 2. The van der Waals surface area contributed by atoms with E-state index in [1.807, 2.05) is 6.92 Å². The summed E-state index contributed by atoms with van der Waals surface area (Å²) in [6, 6.07) is 1.60. The van der Waals surface area contributed by atoms with Gasteiger partial charge in [-0.15, -0.1) is 0 Å². The van der Waals surface area contributed by atoms with Gasteiger partial charge in [0.15, 0.2) is 0 Å². The van der Waals surface area contributed by atoms with Gasteiger partial charge in [0, 0.05) is 19.0 Å². The van der Waals surface area contributed by atoms with E-state index in [1.54, 1.807) is 6.07 Å². The molecule has 1 aromatic heterocycles. The van der Waals surface area contributed by atoms with Gasteiger partial charge in [-0.05, 0) is 6.42 Å². The molecule has 7 heteroatoms. The molecule has 0 aromatic carbocycles. The second kappa shape index (κ2) is 7.75. The van der Waals surface area contributed by atoms with E-state index in [0.717, 1.165) is 12.8 Å². The van der Waals surface area contributed by atoms with Gasteiger partial charge in [-0.1, -0.05) is 6.92 Å². The van der Waals surface area contributed by atoms with E-state index >= 15 is 0 Å². The van der Waals surface area contributed by atoms with Crippen molar-refractivity contribution in [2.75, 3.05) is 30.8 Å². The fourth-order valence-electron chi connectivity index (χ4n) is 1.37. The van der Waals surface area contributed by atoms with E-state index < -0.39 is 13.0 Å². The molecular formula is C11H18F2N4O. The minimum absolute atomic E-state index is 0.192. The Hall–Kier alpha value is -1.50. The van der Waals surface area contributed by atoms with Crippen LogP contribution in [-0.4, -0.2) is 36.2 Å². The molecule has 3 N–H and O–H groups in total. The van der Waals surface area contributed by atoms with Crippen molar-refractivity contribution in [2.45, 2.75) is 26.2 Å². The molecule has 102 valence electrons. The summed E-state index contributed by atoms with van der Waals surface area (Å²) in [7, 11) is 0. The third-order valence-electron chi connectivity index (χ3n) is 2.06. The Morgan fingerprint density at radius 2 is 2.22 bits per heavy atom. The molecule has 1 heterocycles. The Balaban J connectivity index is 2.37. The molecule has 0 bridgehead atoms. The summed E-state index contributed by atoms with van der Waals surface area (Å²) in [6.07, 6.45) is -0.752. The Kier molecular flexibility index (Phi) is 6.27. The Bertz CT molecular complexity index is 363. The van der Waals surface area contributed by atoms with Gasteiger partial charge < -0.3 is 15.8 Å². The van der Waals surface area contributed by atoms with Crippen LogP contribution in [0, 0.1) is 0 Å². The number of ether oxygens (including phenoxy) is 1. The summed E-state index contributed by atoms with van der Waals surface area (Å²) < 4.78 is 28.3. The van der Waals surface area contributed by atoms with Crippen molar-refractivity contribution in [1.29, 1.82) is 0 Å². The number of nitrogens with zero attached hydrogens (tertiary/aromatic N) is 2. The fraction of sp³-hybridized carbons (Fsp3) is 0.636. The van der Waals surface area contributed by atoms with Crippen LogP contribution < -0.4 is 11.1 Å². The van der Waals surface area contributed by atoms with Gasteiger partial charge in [-0.2, -0.15) is 0 Å². The topological polar surface area (TPSA) is 73.1 Å². The van der Waals surface area contributed by atoms with Crippen LogP contribution in [0.15, 0.2) is 6.07 Å². The van der Waals surface area contributed by atoms with Gasteiger partial charge in [0.25, 0.3) is 6.43 Å². The third kappa shape index (κ3) is 5.72. The molecule has 0 aliphatic carbocycles. The van der Waals surface area contributed by atoms with E-state index in [2.05, 4.69) is 15.3 Å². The van der Waals surface area contributed by atoms with Crippen LogP contribution in [0.1, 0.15) is 19.2 Å². The van der Waals surface area contributed by atoms with Crippen LogP contribution in [-0.2, 0) is 11.2 Å². The predicted octanol–water partition coefficient (Wildman–Crippen LogP) is 1.70. The number of hydrogen-bond acceptors (Lipinski definition) is 5. The lowest BCUT2D eigenvalue weighted by Gasteiger charge is -2.08. The Morgan fingerprint density at radius 1 is 1.44 bits per heavy atom. The van der Waals surface area contributed by atoms with Crippen molar-refractivity contribution in [3.63, 3.8) is 0 Å². The third-order valence-corrected chi connectivity index (χ3v) is 2.06. The summed E-state index contributed by atoms with van der Waals surface area (Å²) in [5.74, 6) is 1.66. The van der Waals surface area contributed by atoms with Gasteiger partial charge >= 0.3 is 0 Å². The van der Waals surface area contributed by atoms with Crippen molar-refractivity contribution < 1.29 is 13.5 Å². The first-order valence-electron chi connectivity index (χ1n) is 5.85. The smallest absolute Gasteiger partial charge is 0.261 e. The molecule has 1 rings (SSSR count). The zero-order valence-corrected chi connectivity index (χ0v) is 10.3. The monoisotopic (exact) mass is 260 g/mol. The minimum Gasteiger partial charge on any atom is -0.384 e. The van der Waals surface area contributed by atoms with Crippen molar-refractivity contribution >= 4 is 11.6 Å². The number of alkyl halides is 2. The van der Waals surface area contributed by atoms with Gasteiger partial charge in [-0.25, -0.2) is 18.7 Å². The van der Waals surface area contributed by atoms with Crippen LogP contribution in [0.4, 0.5) is 20.4 Å². The molecule has 0 radical (unpaired) electrons. The molecule has 1 aromatic rings. The number of aromatic nitrogens is 2. The maximum absolute atomic E-state index is 11.8. The zero-order chi connectivity index (χ0) is 13.4. The first-order valence-corrected chi connectivity index (χ1v) is 5.85. The number of hydrogen-bond donors (Lipinski definition) is 2. The number of nitrogen functional groups attached to an aromatic ring is 1. The lowest BCUT2D eigenvalue weighted by molar-refractivity contribution is 0.0215. The van der Waals surface area contributed by atoms with E-state index in [4.69, 9.17) is 10.5 Å². The van der Waals surface area contributed by atoms with Gasteiger partial charge in [0.05, 0.1) is 6.61 Å². The second-order valence-corrected chi connectivity index (χ2v) is 3.74. The number of rotatable bonds is 8. The van der Waals surface area contributed by atoms with Gasteiger partial charge in [-0.3, -0.25) is 0 Å². The molecule has 5 nitrogen and oxygen atoms in total. The standard InChI is InChI=1S/C11H18F2N4O/c1-2-3-10-16-9(14)6-11(17-10)15-4-5-18-7-8(12)13/h6,8H,2-5,7H2,1H3,(H3,14,15,16,17). The molecule has 0 unspecified atom stereocenters. The van der Waals surface area contributed by atoms with Crippen molar-refractivity contribution in [3.8, 4) is 0 Å². The maximum atomic E-state index is 11.8. The van der Waals surface area contributed by atoms with E-state index in [0.29, 0.717) is 24.0 Å². The first-order chi connectivity index (χ1) is 8.61. The van der Waals surface area contributed by atoms with Gasteiger partial charge in [0.2, 0.25) is 0 Å². The lowest BCUT2D eigenvalue weighted by atomic mass is 10.3.